The lowest BCUT2D eigenvalue weighted by atomic mass is 10.1. The second-order valence-corrected chi connectivity index (χ2v) is 7.06. The van der Waals surface area contributed by atoms with E-state index < -0.39 is 0 Å². The second kappa shape index (κ2) is 6.52. The number of nitrogens with one attached hydrogen (secondary N) is 1. The van der Waals surface area contributed by atoms with Crippen molar-refractivity contribution in [3.8, 4) is 0 Å². The molecule has 26 heavy (non-hydrogen) atoms. The molecule has 134 valence electrons. The molecule has 1 aromatic carbocycles. The van der Waals surface area contributed by atoms with Crippen LogP contribution in [0.25, 0.3) is 11.0 Å². The van der Waals surface area contributed by atoms with Gasteiger partial charge in [0.2, 0.25) is 0 Å². The molecular weight excluding hydrogens is 331 g/mol. The van der Waals surface area contributed by atoms with Crippen molar-refractivity contribution in [2.24, 2.45) is 0 Å². The van der Waals surface area contributed by atoms with E-state index in [1.165, 1.54) is 6.07 Å². The first-order chi connectivity index (χ1) is 12.5. The van der Waals surface area contributed by atoms with Crippen molar-refractivity contribution >= 4 is 16.9 Å². The highest BCUT2D eigenvalue weighted by atomic mass is 19.1. The highest BCUT2D eigenvalue weighted by Crippen LogP contribution is 2.40. The molecule has 0 spiro atoms. The highest BCUT2D eigenvalue weighted by Gasteiger charge is 2.28. The summed E-state index contributed by atoms with van der Waals surface area (Å²) < 4.78 is 15.6. The number of nitrogens with zero attached hydrogens (tertiary/aromatic N) is 3. The third kappa shape index (κ3) is 3.07. The molecule has 0 unspecified atom stereocenters. The maximum Gasteiger partial charge on any atom is 0.252 e. The molecule has 1 aliphatic rings. The van der Waals surface area contributed by atoms with Crippen LogP contribution in [0.15, 0.2) is 36.5 Å². The number of aromatic nitrogens is 3. The number of carbonyl (C=O) groups excluding carboxylic acids is 1. The zero-order valence-electron chi connectivity index (χ0n) is 14.9. The third-order valence-electron chi connectivity index (χ3n) is 4.71. The maximum absolute atomic E-state index is 13.8. The van der Waals surface area contributed by atoms with Gasteiger partial charge >= 0.3 is 0 Å². The van der Waals surface area contributed by atoms with Crippen LogP contribution in [0.4, 0.5) is 4.39 Å². The van der Waals surface area contributed by atoms with E-state index in [9.17, 15) is 9.18 Å². The second-order valence-electron chi connectivity index (χ2n) is 7.06. The molecule has 6 heteroatoms. The maximum atomic E-state index is 13.8. The van der Waals surface area contributed by atoms with Gasteiger partial charge in [-0.2, -0.15) is 5.10 Å². The Morgan fingerprint density at radius 1 is 1.35 bits per heavy atom. The average molecular weight is 352 g/mol. The lowest BCUT2D eigenvalue weighted by Gasteiger charge is -2.11. The number of carbonyl (C=O) groups is 1. The standard InChI is InChI=1S/C20H21FN4O/c1-12(2)25-19-16(11-23-25)15(9-18(24-19)13-7-8-13)20(26)22-10-14-5-3-4-6-17(14)21/h3-6,9,11-13H,7-8,10H2,1-2H3,(H,22,26). The summed E-state index contributed by atoms with van der Waals surface area (Å²) in [4.78, 5) is 17.6. The van der Waals surface area contributed by atoms with Crippen LogP contribution in [0.2, 0.25) is 0 Å². The molecule has 3 aromatic rings. The van der Waals surface area contributed by atoms with Gasteiger partial charge in [0.15, 0.2) is 5.65 Å². The minimum absolute atomic E-state index is 0.145. The van der Waals surface area contributed by atoms with Crippen molar-refractivity contribution in [2.75, 3.05) is 0 Å². The van der Waals surface area contributed by atoms with Gasteiger partial charge in [-0.1, -0.05) is 18.2 Å². The van der Waals surface area contributed by atoms with Gasteiger partial charge < -0.3 is 5.32 Å². The van der Waals surface area contributed by atoms with E-state index in [0.717, 1.165) is 29.6 Å². The molecule has 0 atom stereocenters. The van der Waals surface area contributed by atoms with E-state index in [4.69, 9.17) is 4.98 Å². The monoisotopic (exact) mass is 352 g/mol. The normalized spacial score (nSPS) is 14.2. The summed E-state index contributed by atoms with van der Waals surface area (Å²) in [6, 6.07) is 8.48. The van der Waals surface area contributed by atoms with Crippen molar-refractivity contribution in [1.29, 1.82) is 0 Å². The van der Waals surface area contributed by atoms with Crippen molar-refractivity contribution in [3.63, 3.8) is 0 Å². The van der Waals surface area contributed by atoms with Gasteiger partial charge in [-0.25, -0.2) is 14.1 Å². The fourth-order valence-corrected chi connectivity index (χ4v) is 3.10. The Morgan fingerprint density at radius 3 is 2.81 bits per heavy atom. The first kappa shape index (κ1) is 16.7. The number of hydrogen-bond donors (Lipinski definition) is 1. The SMILES string of the molecule is CC(C)n1ncc2c(C(=O)NCc3ccccc3F)cc(C3CC3)nc21. The molecule has 0 saturated heterocycles. The van der Waals surface area contributed by atoms with Gasteiger partial charge in [-0.3, -0.25) is 4.79 Å². The summed E-state index contributed by atoms with van der Waals surface area (Å²) in [5.74, 6) is -0.127. The molecule has 0 radical (unpaired) electrons. The Labute approximate surface area is 151 Å². The fraction of sp³-hybridized carbons (Fsp3) is 0.350. The van der Waals surface area contributed by atoms with E-state index >= 15 is 0 Å². The van der Waals surface area contributed by atoms with Crippen LogP contribution < -0.4 is 5.32 Å². The Hall–Kier alpha value is -2.76. The fourth-order valence-electron chi connectivity index (χ4n) is 3.10. The minimum Gasteiger partial charge on any atom is -0.348 e. The number of pyridine rings is 1. The van der Waals surface area contributed by atoms with Gasteiger partial charge in [0.1, 0.15) is 5.82 Å². The molecule has 2 heterocycles. The average Bonchev–Trinajstić information content (AvgIpc) is 3.38. The Balaban J connectivity index is 1.68. The molecule has 5 nitrogen and oxygen atoms in total. The van der Waals surface area contributed by atoms with Crippen molar-refractivity contribution in [3.05, 3.63) is 59.2 Å². The lowest BCUT2D eigenvalue weighted by molar-refractivity contribution is 0.0952. The number of benzene rings is 1. The largest absolute Gasteiger partial charge is 0.348 e. The van der Waals surface area contributed by atoms with Crippen LogP contribution in [0.5, 0.6) is 0 Å². The number of amides is 1. The Morgan fingerprint density at radius 2 is 2.12 bits per heavy atom. The predicted octanol–water partition coefficient (Wildman–Crippen LogP) is 3.96. The van der Waals surface area contributed by atoms with E-state index in [2.05, 4.69) is 10.4 Å². The van der Waals surface area contributed by atoms with Crippen LogP contribution in [-0.2, 0) is 6.54 Å². The molecule has 4 rings (SSSR count). The van der Waals surface area contributed by atoms with E-state index in [1.807, 2.05) is 24.6 Å². The summed E-state index contributed by atoms with van der Waals surface area (Å²) in [6.07, 6.45) is 3.90. The van der Waals surface area contributed by atoms with Crippen LogP contribution in [0.1, 0.15) is 60.3 Å². The van der Waals surface area contributed by atoms with Crippen LogP contribution in [-0.4, -0.2) is 20.7 Å². The van der Waals surface area contributed by atoms with Crippen molar-refractivity contribution in [2.45, 2.75) is 45.2 Å². The van der Waals surface area contributed by atoms with Gasteiger partial charge in [0, 0.05) is 29.8 Å². The smallest absolute Gasteiger partial charge is 0.252 e. The summed E-state index contributed by atoms with van der Waals surface area (Å²) in [6.45, 7) is 4.22. The predicted molar refractivity (Wildman–Crippen MR) is 97.5 cm³/mol. The lowest BCUT2D eigenvalue weighted by Crippen LogP contribution is -2.24. The summed E-state index contributed by atoms with van der Waals surface area (Å²) in [5, 5.41) is 7.97. The van der Waals surface area contributed by atoms with Gasteiger partial charge in [0.05, 0.1) is 17.1 Å². The molecule has 1 fully saturated rings. The molecule has 2 aromatic heterocycles. The molecule has 0 aliphatic heterocycles. The zero-order chi connectivity index (χ0) is 18.3. The Bertz CT molecular complexity index is 975. The van der Waals surface area contributed by atoms with Gasteiger partial charge in [0.25, 0.3) is 5.91 Å². The molecule has 1 saturated carbocycles. The summed E-state index contributed by atoms with van der Waals surface area (Å²) in [5.41, 5.74) is 2.70. The molecular formula is C20H21FN4O. The number of rotatable bonds is 5. The van der Waals surface area contributed by atoms with Crippen LogP contribution in [0, 0.1) is 5.82 Å². The van der Waals surface area contributed by atoms with E-state index in [1.54, 1.807) is 24.4 Å². The van der Waals surface area contributed by atoms with Crippen molar-refractivity contribution < 1.29 is 9.18 Å². The van der Waals surface area contributed by atoms with Gasteiger partial charge in [-0.15, -0.1) is 0 Å². The quantitative estimate of drug-likeness (QED) is 0.756. The topological polar surface area (TPSA) is 59.8 Å². The third-order valence-corrected chi connectivity index (χ3v) is 4.71. The summed E-state index contributed by atoms with van der Waals surface area (Å²) in [7, 11) is 0. The number of hydrogen-bond acceptors (Lipinski definition) is 3. The van der Waals surface area contributed by atoms with Crippen LogP contribution >= 0.6 is 0 Å². The molecule has 0 bridgehead atoms. The molecule has 1 amide bonds. The number of fused-ring (bicyclic) bond motifs is 1. The number of halogens is 1. The summed E-state index contributed by atoms with van der Waals surface area (Å²) >= 11 is 0. The Kier molecular flexibility index (Phi) is 4.18. The van der Waals surface area contributed by atoms with E-state index in [0.29, 0.717) is 17.0 Å². The van der Waals surface area contributed by atoms with E-state index in [-0.39, 0.29) is 24.3 Å². The zero-order valence-corrected chi connectivity index (χ0v) is 14.9. The highest BCUT2D eigenvalue weighted by molar-refractivity contribution is 6.05. The molecule has 1 aliphatic carbocycles. The van der Waals surface area contributed by atoms with Gasteiger partial charge in [-0.05, 0) is 38.8 Å². The first-order valence-corrected chi connectivity index (χ1v) is 8.94. The minimum atomic E-state index is -0.320. The van der Waals surface area contributed by atoms with Crippen molar-refractivity contribution in [1.82, 2.24) is 20.1 Å². The first-order valence-electron chi connectivity index (χ1n) is 8.94. The van der Waals surface area contributed by atoms with Crippen LogP contribution in [0.3, 0.4) is 0 Å². The molecule has 1 N–H and O–H groups in total.